The Morgan fingerprint density at radius 3 is 2.87 bits per heavy atom. The van der Waals surface area contributed by atoms with E-state index in [0.717, 1.165) is 30.1 Å². The van der Waals surface area contributed by atoms with E-state index in [0.29, 0.717) is 13.2 Å². The summed E-state index contributed by atoms with van der Waals surface area (Å²) >= 11 is 0. The Bertz CT molecular complexity index is 303. The Kier molecular flexibility index (Phi) is 5.04. The van der Waals surface area contributed by atoms with Crippen molar-refractivity contribution in [1.82, 2.24) is 9.97 Å². The lowest BCUT2D eigenvalue weighted by Gasteiger charge is -2.09. The first-order valence-corrected chi connectivity index (χ1v) is 5.22. The monoisotopic (exact) mass is 210 g/mol. The van der Waals surface area contributed by atoms with Gasteiger partial charge in [-0.25, -0.2) is 9.97 Å². The second kappa shape index (κ2) is 6.35. The predicted octanol–water partition coefficient (Wildman–Crippen LogP) is 2.11. The molecule has 84 valence electrons. The lowest BCUT2D eigenvalue weighted by molar-refractivity contribution is 0.175. The molecule has 0 amide bonds. The van der Waals surface area contributed by atoms with Crippen LogP contribution in [0.3, 0.4) is 0 Å². The highest BCUT2D eigenvalue weighted by atomic mass is 16.5. The van der Waals surface area contributed by atoms with Gasteiger partial charge < -0.3 is 9.47 Å². The van der Waals surface area contributed by atoms with Gasteiger partial charge in [-0.1, -0.05) is 13.3 Å². The Morgan fingerprint density at radius 2 is 2.20 bits per heavy atom. The van der Waals surface area contributed by atoms with Gasteiger partial charge >= 0.3 is 0 Å². The van der Waals surface area contributed by atoms with Crippen LogP contribution in [0.15, 0.2) is 6.20 Å². The van der Waals surface area contributed by atoms with Crippen LogP contribution < -0.4 is 4.74 Å². The summed E-state index contributed by atoms with van der Waals surface area (Å²) in [7, 11) is 1.65. The van der Waals surface area contributed by atoms with Crippen molar-refractivity contribution < 1.29 is 9.47 Å². The fraction of sp³-hybridized carbons (Fsp3) is 0.636. The molecule has 0 spiro atoms. The van der Waals surface area contributed by atoms with Gasteiger partial charge in [-0.15, -0.1) is 0 Å². The zero-order valence-corrected chi connectivity index (χ0v) is 9.62. The summed E-state index contributed by atoms with van der Waals surface area (Å²) in [4.78, 5) is 8.39. The third-order valence-electron chi connectivity index (χ3n) is 1.99. The van der Waals surface area contributed by atoms with Gasteiger partial charge in [0.15, 0.2) is 5.75 Å². The molecule has 0 aliphatic carbocycles. The minimum absolute atomic E-state index is 0.463. The minimum atomic E-state index is 0.463. The first-order chi connectivity index (χ1) is 7.27. The molecule has 0 aliphatic rings. The Morgan fingerprint density at radius 1 is 1.40 bits per heavy atom. The van der Waals surface area contributed by atoms with Crippen LogP contribution in [-0.4, -0.2) is 23.7 Å². The molecule has 0 aromatic carbocycles. The highest BCUT2D eigenvalue weighted by Crippen LogP contribution is 2.16. The molecule has 0 fully saturated rings. The molecular weight excluding hydrogens is 192 g/mol. The zero-order chi connectivity index (χ0) is 11.1. The highest BCUT2D eigenvalue weighted by Gasteiger charge is 2.06. The summed E-state index contributed by atoms with van der Waals surface area (Å²) in [6.45, 7) is 5.16. The smallest absolute Gasteiger partial charge is 0.161 e. The van der Waals surface area contributed by atoms with Gasteiger partial charge in [-0.2, -0.15) is 0 Å². The van der Waals surface area contributed by atoms with E-state index in [4.69, 9.17) is 9.47 Å². The van der Waals surface area contributed by atoms with Gasteiger partial charge in [-0.05, 0) is 13.3 Å². The fourth-order valence-electron chi connectivity index (χ4n) is 1.19. The van der Waals surface area contributed by atoms with E-state index in [9.17, 15) is 0 Å². The highest BCUT2D eigenvalue weighted by molar-refractivity contribution is 5.23. The van der Waals surface area contributed by atoms with Crippen LogP contribution in [0.5, 0.6) is 5.75 Å². The summed E-state index contributed by atoms with van der Waals surface area (Å²) in [5.74, 6) is 1.47. The minimum Gasteiger partial charge on any atom is -0.490 e. The van der Waals surface area contributed by atoms with Crippen molar-refractivity contribution in [1.29, 1.82) is 0 Å². The van der Waals surface area contributed by atoms with E-state index in [1.54, 1.807) is 13.3 Å². The molecule has 0 bridgehead atoms. The van der Waals surface area contributed by atoms with Crippen molar-refractivity contribution >= 4 is 0 Å². The molecule has 0 radical (unpaired) electrons. The molecule has 0 unspecified atom stereocenters. The second-order valence-corrected chi connectivity index (χ2v) is 3.36. The molecule has 4 nitrogen and oxygen atoms in total. The standard InChI is InChI=1S/C11H18N2O2/c1-4-5-6-15-11-7-12-9(2)13-10(11)8-14-3/h7H,4-6,8H2,1-3H3. The van der Waals surface area contributed by atoms with Gasteiger partial charge in [-0.3, -0.25) is 0 Å². The largest absolute Gasteiger partial charge is 0.490 e. The summed E-state index contributed by atoms with van der Waals surface area (Å²) in [5, 5.41) is 0. The van der Waals surface area contributed by atoms with Crippen LogP contribution in [-0.2, 0) is 11.3 Å². The average Bonchev–Trinajstić information content (AvgIpc) is 2.22. The lowest BCUT2D eigenvalue weighted by atomic mass is 10.3. The molecule has 0 saturated carbocycles. The molecule has 0 aliphatic heterocycles. The first kappa shape index (κ1) is 11.9. The van der Waals surface area contributed by atoms with Crippen molar-refractivity contribution in [2.75, 3.05) is 13.7 Å². The maximum absolute atomic E-state index is 5.58. The molecular formula is C11H18N2O2. The summed E-state index contributed by atoms with van der Waals surface area (Å²) in [6.07, 6.45) is 3.87. The molecule has 15 heavy (non-hydrogen) atoms. The number of ether oxygens (including phenoxy) is 2. The number of rotatable bonds is 6. The zero-order valence-electron chi connectivity index (χ0n) is 9.62. The van der Waals surface area contributed by atoms with Gasteiger partial charge in [0, 0.05) is 7.11 Å². The van der Waals surface area contributed by atoms with Crippen molar-refractivity contribution in [3.8, 4) is 5.75 Å². The van der Waals surface area contributed by atoms with Gasteiger partial charge in [0.05, 0.1) is 19.4 Å². The number of hydrogen-bond acceptors (Lipinski definition) is 4. The molecule has 1 heterocycles. The van der Waals surface area contributed by atoms with Crippen LogP contribution in [0.2, 0.25) is 0 Å². The lowest BCUT2D eigenvalue weighted by Crippen LogP contribution is -2.04. The average molecular weight is 210 g/mol. The third-order valence-corrected chi connectivity index (χ3v) is 1.99. The van der Waals surface area contributed by atoms with Gasteiger partial charge in [0.2, 0.25) is 0 Å². The van der Waals surface area contributed by atoms with Crippen molar-refractivity contribution in [2.45, 2.75) is 33.3 Å². The molecule has 0 atom stereocenters. The fourth-order valence-corrected chi connectivity index (χ4v) is 1.19. The maximum atomic E-state index is 5.58. The molecule has 0 N–H and O–H groups in total. The molecule has 1 aromatic heterocycles. The Hall–Kier alpha value is -1.16. The predicted molar refractivity (Wildman–Crippen MR) is 57.9 cm³/mol. The number of aromatic nitrogens is 2. The number of methoxy groups -OCH3 is 1. The molecule has 0 saturated heterocycles. The summed E-state index contributed by atoms with van der Waals surface area (Å²) < 4.78 is 10.6. The van der Waals surface area contributed by atoms with Crippen LogP contribution in [0, 0.1) is 6.92 Å². The summed E-state index contributed by atoms with van der Waals surface area (Å²) in [6, 6.07) is 0. The van der Waals surface area contributed by atoms with Crippen molar-refractivity contribution in [2.24, 2.45) is 0 Å². The summed E-state index contributed by atoms with van der Waals surface area (Å²) in [5.41, 5.74) is 0.820. The van der Waals surface area contributed by atoms with E-state index in [1.165, 1.54) is 0 Å². The molecule has 1 rings (SSSR count). The van der Waals surface area contributed by atoms with Crippen molar-refractivity contribution in [3.63, 3.8) is 0 Å². The molecule has 4 heteroatoms. The van der Waals surface area contributed by atoms with Gasteiger partial charge in [0.25, 0.3) is 0 Å². The number of unbranched alkanes of at least 4 members (excludes halogenated alkanes) is 1. The van der Waals surface area contributed by atoms with E-state index >= 15 is 0 Å². The third kappa shape index (κ3) is 3.83. The topological polar surface area (TPSA) is 44.2 Å². The van der Waals surface area contributed by atoms with E-state index in [-0.39, 0.29) is 0 Å². The number of nitrogens with zero attached hydrogens (tertiary/aromatic N) is 2. The SMILES string of the molecule is CCCCOc1cnc(C)nc1COC. The second-order valence-electron chi connectivity index (χ2n) is 3.36. The van der Waals surface area contributed by atoms with Gasteiger partial charge in [0.1, 0.15) is 11.5 Å². The first-order valence-electron chi connectivity index (χ1n) is 5.22. The molecule has 1 aromatic rings. The Labute approximate surface area is 90.7 Å². The van der Waals surface area contributed by atoms with Crippen LogP contribution in [0.4, 0.5) is 0 Å². The van der Waals surface area contributed by atoms with E-state index in [1.807, 2.05) is 6.92 Å². The van der Waals surface area contributed by atoms with Crippen LogP contribution in [0.25, 0.3) is 0 Å². The quantitative estimate of drug-likeness (QED) is 0.674. The van der Waals surface area contributed by atoms with Crippen LogP contribution >= 0.6 is 0 Å². The van der Waals surface area contributed by atoms with E-state index in [2.05, 4.69) is 16.9 Å². The number of aryl methyl sites for hydroxylation is 1. The number of hydrogen-bond donors (Lipinski definition) is 0. The maximum Gasteiger partial charge on any atom is 0.161 e. The van der Waals surface area contributed by atoms with E-state index < -0.39 is 0 Å². The Balaban J connectivity index is 2.67. The van der Waals surface area contributed by atoms with Crippen LogP contribution in [0.1, 0.15) is 31.3 Å². The normalized spacial score (nSPS) is 10.3. The van der Waals surface area contributed by atoms with Crippen molar-refractivity contribution in [3.05, 3.63) is 17.7 Å².